The van der Waals surface area contributed by atoms with Crippen LogP contribution in [0.15, 0.2) is 158 Å². The zero-order chi connectivity index (χ0) is 30.6. The maximum atomic E-state index is 2.44. The van der Waals surface area contributed by atoms with Gasteiger partial charge in [-0.3, -0.25) is 0 Å². The molecule has 0 aliphatic rings. The van der Waals surface area contributed by atoms with Crippen molar-refractivity contribution in [2.24, 2.45) is 0 Å². The largest absolute Gasteiger partial charge is 0.309 e. The van der Waals surface area contributed by atoms with Crippen LogP contribution in [0, 0.1) is 0 Å². The number of hydrogen-bond acceptors (Lipinski definition) is 1. The van der Waals surface area contributed by atoms with Crippen LogP contribution in [0.25, 0.3) is 97.1 Å². The van der Waals surface area contributed by atoms with E-state index in [0.717, 1.165) is 0 Å². The summed E-state index contributed by atoms with van der Waals surface area (Å²) in [6, 6.07) is 58.3. The molecule has 0 spiro atoms. The van der Waals surface area contributed by atoms with Gasteiger partial charge >= 0.3 is 0 Å². The van der Waals surface area contributed by atoms with Gasteiger partial charge < -0.3 is 9.13 Å². The first-order valence-corrected chi connectivity index (χ1v) is 16.9. The summed E-state index contributed by atoms with van der Waals surface area (Å²) in [5.41, 5.74) is 9.77. The van der Waals surface area contributed by atoms with Crippen LogP contribution in [0.1, 0.15) is 0 Å². The summed E-state index contributed by atoms with van der Waals surface area (Å²) in [5.74, 6) is 0. The van der Waals surface area contributed by atoms with Gasteiger partial charge in [0, 0.05) is 53.1 Å². The van der Waals surface area contributed by atoms with Crippen LogP contribution >= 0.6 is 11.3 Å². The van der Waals surface area contributed by atoms with E-state index in [1.165, 1.54) is 97.1 Å². The van der Waals surface area contributed by atoms with E-state index in [0.29, 0.717) is 0 Å². The van der Waals surface area contributed by atoms with Gasteiger partial charge in [-0.2, -0.15) is 0 Å². The molecule has 11 rings (SSSR count). The summed E-state index contributed by atoms with van der Waals surface area (Å²) in [7, 11) is 0. The molecule has 8 aromatic carbocycles. The molecule has 0 atom stereocenters. The Morgan fingerprint density at radius 1 is 0.340 bits per heavy atom. The highest BCUT2D eigenvalue weighted by atomic mass is 32.1. The van der Waals surface area contributed by atoms with Crippen LogP contribution < -0.4 is 0 Å². The monoisotopic (exact) mass is 614 g/mol. The van der Waals surface area contributed by atoms with E-state index in [2.05, 4.69) is 167 Å². The second-order valence-corrected chi connectivity index (χ2v) is 13.7. The highest BCUT2D eigenvalue weighted by Crippen LogP contribution is 2.43. The summed E-state index contributed by atoms with van der Waals surface area (Å²) in [4.78, 5) is 0. The van der Waals surface area contributed by atoms with Crippen LogP contribution in [-0.4, -0.2) is 9.13 Å². The molecule has 0 radical (unpaired) electrons. The van der Waals surface area contributed by atoms with E-state index in [1.807, 2.05) is 11.3 Å². The van der Waals surface area contributed by atoms with Gasteiger partial charge in [-0.1, -0.05) is 84.9 Å². The third-order valence-electron chi connectivity index (χ3n) is 10.0. The van der Waals surface area contributed by atoms with Gasteiger partial charge in [-0.25, -0.2) is 0 Å². The van der Waals surface area contributed by atoms with Crippen LogP contribution in [0.4, 0.5) is 0 Å². The van der Waals surface area contributed by atoms with Crippen molar-refractivity contribution in [3.63, 3.8) is 0 Å². The molecule has 0 fully saturated rings. The number of rotatable bonds is 3. The van der Waals surface area contributed by atoms with Gasteiger partial charge in [-0.05, 0) is 94.7 Å². The maximum absolute atomic E-state index is 2.44. The standard InChI is InChI=1S/C44H26N2S/c1-2-10-31(11-3-1)45-39-15-8-9-27-17-18-29-23-30(25-40(45)44(29)43(27)39)28-19-21-38-35(24-28)33-12-4-6-14-37(33)46(38)32-20-22-42-36(26-32)34-13-5-7-16-41(34)47-42/h1-26H. The molecule has 0 unspecified atom stereocenters. The molecule has 0 aliphatic heterocycles. The molecule has 0 saturated heterocycles. The molecule has 218 valence electrons. The summed E-state index contributed by atoms with van der Waals surface area (Å²) in [6.45, 7) is 0. The normalized spacial score (nSPS) is 12.3. The zero-order valence-corrected chi connectivity index (χ0v) is 26.1. The first-order chi connectivity index (χ1) is 23.3. The lowest BCUT2D eigenvalue weighted by atomic mass is 9.96. The lowest BCUT2D eigenvalue weighted by molar-refractivity contribution is 1.18. The lowest BCUT2D eigenvalue weighted by Crippen LogP contribution is -1.94. The fourth-order valence-electron chi connectivity index (χ4n) is 8.00. The Morgan fingerprint density at radius 3 is 2.00 bits per heavy atom. The second kappa shape index (κ2) is 9.32. The molecule has 11 aromatic rings. The molecule has 0 bridgehead atoms. The molecule has 0 saturated carbocycles. The molecule has 0 N–H and O–H groups in total. The number of aromatic nitrogens is 2. The predicted octanol–water partition coefficient (Wildman–Crippen LogP) is 12.5. The Labute approximate surface area is 274 Å². The van der Waals surface area contributed by atoms with Crippen molar-refractivity contribution in [3.8, 4) is 22.5 Å². The molecule has 0 amide bonds. The third kappa shape index (κ3) is 3.49. The van der Waals surface area contributed by atoms with Crippen LogP contribution in [-0.2, 0) is 0 Å². The zero-order valence-electron chi connectivity index (χ0n) is 25.3. The summed E-state index contributed by atoms with van der Waals surface area (Å²) >= 11 is 1.87. The highest BCUT2D eigenvalue weighted by Gasteiger charge is 2.19. The van der Waals surface area contributed by atoms with Crippen molar-refractivity contribution < 1.29 is 0 Å². The summed E-state index contributed by atoms with van der Waals surface area (Å²) < 4.78 is 7.53. The minimum Gasteiger partial charge on any atom is -0.309 e. The molecular weight excluding hydrogens is 589 g/mol. The van der Waals surface area contributed by atoms with Gasteiger partial charge in [0.25, 0.3) is 0 Å². The number of benzene rings is 8. The van der Waals surface area contributed by atoms with E-state index < -0.39 is 0 Å². The Morgan fingerprint density at radius 2 is 1.06 bits per heavy atom. The number of fused-ring (bicyclic) bond motifs is 6. The Kier molecular flexibility index (Phi) is 5.02. The highest BCUT2D eigenvalue weighted by molar-refractivity contribution is 7.25. The first kappa shape index (κ1) is 25.3. The fourth-order valence-corrected chi connectivity index (χ4v) is 9.09. The molecule has 3 heterocycles. The van der Waals surface area contributed by atoms with Crippen molar-refractivity contribution in [3.05, 3.63) is 158 Å². The quantitative estimate of drug-likeness (QED) is 0.175. The Balaban J connectivity index is 1.16. The van der Waals surface area contributed by atoms with E-state index in [1.54, 1.807) is 0 Å². The minimum atomic E-state index is 1.18. The topological polar surface area (TPSA) is 9.86 Å². The Hall–Kier alpha value is -5.90. The molecule has 2 nitrogen and oxygen atoms in total. The van der Waals surface area contributed by atoms with E-state index in [9.17, 15) is 0 Å². The van der Waals surface area contributed by atoms with Crippen molar-refractivity contribution in [2.75, 3.05) is 0 Å². The van der Waals surface area contributed by atoms with Crippen molar-refractivity contribution in [2.45, 2.75) is 0 Å². The van der Waals surface area contributed by atoms with E-state index >= 15 is 0 Å². The molecule has 47 heavy (non-hydrogen) atoms. The third-order valence-corrected chi connectivity index (χ3v) is 11.2. The van der Waals surface area contributed by atoms with Crippen LogP contribution in [0.2, 0.25) is 0 Å². The average Bonchev–Trinajstić information content (AvgIpc) is 3.78. The fraction of sp³-hybridized carbons (Fsp3) is 0. The molecular formula is C44H26N2S. The number of nitrogens with zero attached hydrogens (tertiary/aromatic N) is 2. The number of hydrogen-bond donors (Lipinski definition) is 0. The van der Waals surface area contributed by atoms with Gasteiger partial charge in [0.1, 0.15) is 0 Å². The first-order valence-electron chi connectivity index (χ1n) is 16.1. The smallest absolute Gasteiger partial charge is 0.0553 e. The molecule has 0 aliphatic carbocycles. The summed E-state index contributed by atoms with van der Waals surface area (Å²) in [5, 5.41) is 10.4. The van der Waals surface area contributed by atoms with Crippen molar-refractivity contribution >= 4 is 85.9 Å². The Bertz CT molecular complexity index is 3010. The number of para-hydroxylation sites is 2. The van der Waals surface area contributed by atoms with Crippen LogP contribution in [0.3, 0.4) is 0 Å². The van der Waals surface area contributed by atoms with Gasteiger partial charge in [0.15, 0.2) is 0 Å². The number of thiophene rings is 1. The lowest BCUT2D eigenvalue weighted by Gasteiger charge is -2.11. The van der Waals surface area contributed by atoms with Gasteiger partial charge in [-0.15, -0.1) is 11.3 Å². The minimum absolute atomic E-state index is 1.18. The summed E-state index contributed by atoms with van der Waals surface area (Å²) in [6.07, 6.45) is 0. The SMILES string of the molecule is c1ccc(-n2c3cccc4ccc5cc(-c6ccc7c(c6)c6ccccc6n7-c6ccc7sc8ccccc8c7c6)cc2c5c43)cc1. The average molecular weight is 615 g/mol. The van der Waals surface area contributed by atoms with Crippen molar-refractivity contribution in [1.82, 2.24) is 9.13 Å². The predicted molar refractivity (Wildman–Crippen MR) is 202 cm³/mol. The van der Waals surface area contributed by atoms with E-state index in [-0.39, 0.29) is 0 Å². The van der Waals surface area contributed by atoms with Crippen molar-refractivity contribution in [1.29, 1.82) is 0 Å². The van der Waals surface area contributed by atoms with Gasteiger partial charge in [0.2, 0.25) is 0 Å². The molecule has 3 heteroatoms. The van der Waals surface area contributed by atoms with Crippen LogP contribution in [0.5, 0.6) is 0 Å². The maximum Gasteiger partial charge on any atom is 0.0553 e. The molecule has 3 aromatic heterocycles. The second-order valence-electron chi connectivity index (χ2n) is 12.6. The van der Waals surface area contributed by atoms with E-state index in [4.69, 9.17) is 0 Å². The van der Waals surface area contributed by atoms with Gasteiger partial charge in [0.05, 0.1) is 22.1 Å².